The van der Waals surface area contributed by atoms with Gasteiger partial charge in [-0.2, -0.15) is 0 Å². The Morgan fingerprint density at radius 2 is 2.42 bits per heavy atom. The van der Waals surface area contributed by atoms with Crippen LogP contribution in [0.15, 0.2) is 18.3 Å². The highest BCUT2D eigenvalue weighted by atomic mass is 16.5. The fraction of sp³-hybridized carbons (Fsp3) is 0.500. The van der Waals surface area contributed by atoms with E-state index in [9.17, 15) is 14.7 Å². The van der Waals surface area contributed by atoms with Gasteiger partial charge in [0.05, 0.1) is 32.4 Å². The molecular formula is C12H17N3O4. The van der Waals surface area contributed by atoms with E-state index in [1.54, 1.807) is 23.2 Å². The average molecular weight is 267 g/mol. The lowest BCUT2D eigenvalue weighted by molar-refractivity contribution is -0.124. The number of carbonyl (C=O) groups excluding carboxylic acids is 2. The smallest absolute Gasteiger partial charge is 0.274 e. The van der Waals surface area contributed by atoms with Gasteiger partial charge in [0.1, 0.15) is 5.69 Å². The highest BCUT2D eigenvalue weighted by Crippen LogP contribution is 2.05. The van der Waals surface area contributed by atoms with E-state index in [-0.39, 0.29) is 25.1 Å². The van der Waals surface area contributed by atoms with Gasteiger partial charge in [-0.1, -0.05) is 0 Å². The van der Waals surface area contributed by atoms with Crippen molar-refractivity contribution in [2.24, 2.45) is 0 Å². The van der Waals surface area contributed by atoms with Crippen LogP contribution >= 0.6 is 0 Å². The Bertz CT molecular complexity index is 432. The number of aliphatic hydroxyl groups excluding tert-OH is 1. The number of nitrogens with zero attached hydrogens (tertiary/aromatic N) is 1. The van der Waals surface area contributed by atoms with Crippen molar-refractivity contribution in [3.63, 3.8) is 0 Å². The van der Waals surface area contributed by atoms with Crippen molar-refractivity contribution in [3.05, 3.63) is 24.0 Å². The Morgan fingerprint density at radius 3 is 3.11 bits per heavy atom. The molecule has 1 fully saturated rings. The van der Waals surface area contributed by atoms with Crippen LogP contribution in [0.5, 0.6) is 0 Å². The lowest BCUT2D eigenvalue weighted by Crippen LogP contribution is -2.51. The lowest BCUT2D eigenvalue weighted by Gasteiger charge is -2.33. The van der Waals surface area contributed by atoms with Gasteiger partial charge >= 0.3 is 0 Å². The monoisotopic (exact) mass is 267 g/mol. The minimum atomic E-state index is -0.455. The number of nitrogens with one attached hydrogen (secondary N) is 2. The fourth-order valence-electron chi connectivity index (χ4n) is 1.96. The molecule has 0 aliphatic carbocycles. The molecule has 2 rings (SSSR count). The van der Waals surface area contributed by atoms with Crippen molar-refractivity contribution >= 4 is 11.8 Å². The Morgan fingerprint density at radius 1 is 1.58 bits per heavy atom. The molecule has 0 radical (unpaired) electrons. The maximum atomic E-state index is 11.8. The number of ether oxygens (including phenoxy) is 1. The second kappa shape index (κ2) is 6.46. The minimum absolute atomic E-state index is 0.0705. The summed E-state index contributed by atoms with van der Waals surface area (Å²) in [5, 5.41) is 11.5. The van der Waals surface area contributed by atoms with E-state index < -0.39 is 5.91 Å². The summed E-state index contributed by atoms with van der Waals surface area (Å²) in [6.45, 7) is 1.48. The van der Waals surface area contributed by atoms with Gasteiger partial charge in [-0.25, -0.2) is 0 Å². The summed E-state index contributed by atoms with van der Waals surface area (Å²) in [6, 6.07) is 3.08. The molecule has 1 atom stereocenters. The number of hydrogen-bond donors (Lipinski definition) is 3. The molecule has 1 aliphatic heterocycles. The van der Waals surface area contributed by atoms with Crippen molar-refractivity contribution in [3.8, 4) is 0 Å². The van der Waals surface area contributed by atoms with Crippen LogP contribution in [0, 0.1) is 0 Å². The molecule has 0 spiro atoms. The van der Waals surface area contributed by atoms with Crippen LogP contribution in [0.4, 0.5) is 0 Å². The van der Waals surface area contributed by atoms with Gasteiger partial charge in [0.25, 0.3) is 5.91 Å². The number of aromatic nitrogens is 1. The summed E-state index contributed by atoms with van der Waals surface area (Å²) < 4.78 is 5.22. The summed E-state index contributed by atoms with van der Waals surface area (Å²) in [4.78, 5) is 28.0. The van der Waals surface area contributed by atoms with Crippen LogP contribution in [0.2, 0.25) is 0 Å². The van der Waals surface area contributed by atoms with Crippen molar-refractivity contribution in [2.45, 2.75) is 6.04 Å². The predicted molar refractivity (Wildman–Crippen MR) is 66.5 cm³/mol. The van der Waals surface area contributed by atoms with E-state index in [0.29, 0.717) is 25.5 Å². The van der Waals surface area contributed by atoms with E-state index in [1.807, 2.05) is 0 Å². The van der Waals surface area contributed by atoms with Crippen LogP contribution in [-0.4, -0.2) is 65.8 Å². The zero-order valence-corrected chi connectivity index (χ0v) is 10.5. The molecule has 7 heteroatoms. The number of rotatable bonds is 4. The predicted octanol–water partition coefficient (Wildman–Crippen LogP) is -1.04. The van der Waals surface area contributed by atoms with E-state index in [0.717, 1.165) is 0 Å². The molecular weight excluding hydrogens is 250 g/mol. The Kier molecular flexibility index (Phi) is 4.67. The van der Waals surface area contributed by atoms with Gasteiger partial charge in [0.15, 0.2) is 0 Å². The van der Waals surface area contributed by atoms with Gasteiger partial charge in [0, 0.05) is 12.7 Å². The van der Waals surface area contributed by atoms with E-state index in [4.69, 9.17) is 4.74 Å². The molecule has 0 saturated carbocycles. The first-order valence-corrected chi connectivity index (χ1v) is 6.11. The maximum Gasteiger partial charge on any atom is 0.274 e. The van der Waals surface area contributed by atoms with E-state index >= 15 is 0 Å². The number of morpholine rings is 1. The number of amides is 2. The van der Waals surface area contributed by atoms with Crippen LogP contribution in [0.25, 0.3) is 0 Å². The van der Waals surface area contributed by atoms with E-state index in [2.05, 4.69) is 10.3 Å². The zero-order valence-electron chi connectivity index (χ0n) is 10.5. The van der Waals surface area contributed by atoms with E-state index in [1.165, 1.54) is 0 Å². The summed E-state index contributed by atoms with van der Waals surface area (Å²) in [7, 11) is 0. The number of carbonyl (C=O) groups is 2. The number of imide groups is 1. The summed E-state index contributed by atoms with van der Waals surface area (Å²) >= 11 is 0. The van der Waals surface area contributed by atoms with Crippen molar-refractivity contribution in [1.82, 2.24) is 15.2 Å². The molecule has 1 unspecified atom stereocenters. The highest BCUT2D eigenvalue weighted by Gasteiger charge is 2.24. The van der Waals surface area contributed by atoms with Gasteiger partial charge in [-0.15, -0.1) is 0 Å². The Balaban J connectivity index is 1.85. The summed E-state index contributed by atoms with van der Waals surface area (Å²) in [6.07, 6.45) is 1.61. The van der Waals surface area contributed by atoms with Crippen molar-refractivity contribution in [1.29, 1.82) is 0 Å². The molecule has 0 aromatic carbocycles. The quantitative estimate of drug-likeness (QED) is 0.648. The van der Waals surface area contributed by atoms with Crippen LogP contribution in [0.1, 0.15) is 10.5 Å². The third-order valence-corrected chi connectivity index (χ3v) is 3.00. The molecule has 0 bridgehead atoms. The molecule has 3 N–H and O–H groups in total. The molecule has 104 valence electrons. The number of aliphatic hydroxyl groups is 1. The third kappa shape index (κ3) is 3.63. The molecule has 2 amide bonds. The first kappa shape index (κ1) is 13.7. The van der Waals surface area contributed by atoms with Crippen LogP contribution in [0.3, 0.4) is 0 Å². The molecule has 19 heavy (non-hydrogen) atoms. The largest absolute Gasteiger partial charge is 0.395 e. The van der Waals surface area contributed by atoms with Gasteiger partial charge in [0.2, 0.25) is 5.91 Å². The molecule has 1 aromatic rings. The molecule has 7 nitrogen and oxygen atoms in total. The SMILES string of the molecule is O=C(CN1CCOCC1CO)NC(=O)c1ccc[nH]1. The van der Waals surface area contributed by atoms with Crippen LogP contribution < -0.4 is 5.32 Å². The topological polar surface area (TPSA) is 94.7 Å². The first-order valence-electron chi connectivity index (χ1n) is 6.11. The number of aromatic amines is 1. The minimum Gasteiger partial charge on any atom is -0.395 e. The fourth-order valence-corrected chi connectivity index (χ4v) is 1.96. The number of H-pyrrole nitrogens is 1. The highest BCUT2D eigenvalue weighted by molar-refractivity contribution is 6.04. The normalized spacial score (nSPS) is 20.2. The Hall–Kier alpha value is -1.70. The summed E-state index contributed by atoms with van der Waals surface area (Å²) in [5.74, 6) is -0.844. The van der Waals surface area contributed by atoms with Crippen LogP contribution in [-0.2, 0) is 9.53 Å². The van der Waals surface area contributed by atoms with Gasteiger partial charge in [-0.3, -0.25) is 19.8 Å². The molecule has 1 aromatic heterocycles. The van der Waals surface area contributed by atoms with Crippen molar-refractivity contribution < 1.29 is 19.4 Å². The Labute approximate surface area is 110 Å². The maximum absolute atomic E-state index is 11.8. The molecule has 2 heterocycles. The zero-order chi connectivity index (χ0) is 13.7. The first-order chi connectivity index (χ1) is 9.20. The molecule has 1 aliphatic rings. The second-order valence-corrected chi connectivity index (χ2v) is 4.34. The average Bonchev–Trinajstić information content (AvgIpc) is 2.93. The molecule has 1 saturated heterocycles. The second-order valence-electron chi connectivity index (χ2n) is 4.34. The van der Waals surface area contributed by atoms with Gasteiger partial charge < -0.3 is 14.8 Å². The van der Waals surface area contributed by atoms with Crippen molar-refractivity contribution in [2.75, 3.05) is 32.9 Å². The lowest BCUT2D eigenvalue weighted by atomic mass is 10.2. The third-order valence-electron chi connectivity index (χ3n) is 3.00. The van der Waals surface area contributed by atoms with Gasteiger partial charge in [-0.05, 0) is 12.1 Å². The standard InChI is InChI=1S/C12H17N3O4/c16-7-9-8-19-5-4-15(9)6-11(17)14-12(18)10-2-1-3-13-10/h1-3,9,13,16H,4-8H2,(H,14,17,18). The number of hydrogen-bond acceptors (Lipinski definition) is 5. The summed E-state index contributed by atoms with van der Waals surface area (Å²) in [5.41, 5.74) is 0.342.